The number of hydrogen-bond acceptors (Lipinski definition) is 4. The molecule has 0 bridgehead atoms. The highest BCUT2D eigenvalue weighted by molar-refractivity contribution is 7.80. The molecule has 0 N–H and O–H groups in total. The van der Waals surface area contributed by atoms with Crippen molar-refractivity contribution in [3.05, 3.63) is 0 Å². The molecule has 0 aromatic heterocycles. The summed E-state index contributed by atoms with van der Waals surface area (Å²) < 4.78 is 0. The molecule has 1 atom stereocenters. The molecule has 3 rings (SSSR count). The van der Waals surface area contributed by atoms with Gasteiger partial charge in [-0.05, 0) is 84.0 Å². The highest BCUT2D eigenvalue weighted by Crippen LogP contribution is 2.41. The lowest BCUT2D eigenvalue weighted by molar-refractivity contribution is -0.0647. The van der Waals surface area contributed by atoms with E-state index in [0.717, 1.165) is 12.0 Å². The van der Waals surface area contributed by atoms with Crippen molar-refractivity contribution in [2.45, 2.75) is 57.9 Å². The fraction of sp³-hybridized carbons (Fsp3) is 1.00. The summed E-state index contributed by atoms with van der Waals surface area (Å²) in [7, 11) is 0. The molecule has 3 nitrogen and oxygen atoms in total. The van der Waals surface area contributed by atoms with Gasteiger partial charge in [0.05, 0.1) is 0 Å². The predicted molar refractivity (Wildman–Crippen MR) is 97.6 cm³/mol. The zero-order valence-corrected chi connectivity index (χ0v) is 15.7. The minimum atomic E-state index is 0.429. The Hall–Kier alpha value is 0.230. The number of nitrogens with zero attached hydrogens (tertiary/aromatic N) is 3. The van der Waals surface area contributed by atoms with Gasteiger partial charge in [0, 0.05) is 31.0 Å². The Labute approximate surface area is 142 Å². The van der Waals surface area contributed by atoms with E-state index in [1.165, 1.54) is 71.5 Å². The van der Waals surface area contributed by atoms with Crippen LogP contribution in [0.3, 0.4) is 0 Å². The van der Waals surface area contributed by atoms with Crippen LogP contribution >= 0.6 is 12.6 Å². The molecule has 0 amide bonds. The summed E-state index contributed by atoms with van der Waals surface area (Å²) >= 11 is 4.57. The van der Waals surface area contributed by atoms with E-state index in [1.54, 1.807) is 0 Å². The summed E-state index contributed by atoms with van der Waals surface area (Å²) in [6, 6.07) is 0.739. The van der Waals surface area contributed by atoms with Crippen LogP contribution < -0.4 is 0 Å². The maximum Gasteiger partial charge on any atom is 0.0499 e. The normalized spacial score (nSPS) is 29.9. The highest BCUT2D eigenvalue weighted by atomic mass is 32.1. The number of likely N-dealkylation sites (tertiary alicyclic amines) is 3. The smallest absolute Gasteiger partial charge is 0.0499 e. The predicted octanol–water partition coefficient (Wildman–Crippen LogP) is 2.78. The van der Waals surface area contributed by atoms with E-state index in [0.29, 0.717) is 10.8 Å². The van der Waals surface area contributed by atoms with E-state index in [2.05, 4.69) is 48.1 Å². The van der Waals surface area contributed by atoms with Crippen LogP contribution in [0.1, 0.15) is 46.5 Å². The molecule has 0 radical (unpaired) electrons. The van der Waals surface area contributed by atoms with Gasteiger partial charge in [-0.2, -0.15) is 12.6 Å². The summed E-state index contributed by atoms with van der Waals surface area (Å²) in [5.74, 6) is 0.922. The van der Waals surface area contributed by atoms with E-state index in [-0.39, 0.29) is 0 Å². The van der Waals surface area contributed by atoms with Gasteiger partial charge in [-0.15, -0.1) is 0 Å². The largest absolute Gasteiger partial charge is 0.303 e. The lowest BCUT2D eigenvalue weighted by atomic mass is 9.71. The SMILES string of the molecule is CC(C)N1CC2(CCN(CC3CCN(C(C)S)CC3)CC2)C1. The minimum absolute atomic E-state index is 0.429. The summed E-state index contributed by atoms with van der Waals surface area (Å²) in [6.07, 6.45) is 5.60. The van der Waals surface area contributed by atoms with Crippen molar-refractivity contribution in [3.8, 4) is 0 Å². The lowest BCUT2D eigenvalue weighted by Crippen LogP contribution is -2.62. The highest BCUT2D eigenvalue weighted by Gasteiger charge is 2.45. The Balaban J connectivity index is 1.37. The van der Waals surface area contributed by atoms with Crippen LogP contribution in [-0.4, -0.2) is 71.9 Å². The Morgan fingerprint density at radius 2 is 1.55 bits per heavy atom. The summed E-state index contributed by atoms with van der Waals surface area (Å²) in [5, 5.41) is 0.429. The van der Waals surface area contributed by atoms with Crippen LogP contribution in [-0.2, 0) is 0 Å². The van der Waals surface area contributed by atoms with Crippen LogP contribution in [0.15, 0.2) is 0 Å². The Kier molecular flexibility index (Phi) is 5.43. The average molecular weight is 326 g/mol. The summed E-state index contributed by atoms with van der Waals surface area (Å²) in [5.41, 5.74) is 0.686. The van der Waals surface area contributed by atoms with Gasteiger partial charge in [-0.25, -0.2) is 0 Å². The van der Waals surface area contributed by atoms with Gasteiger partial charge in [0.15, 0.2) is 0 Å². The second-order valence-electron chi connectivity index (χ2n) is 8.41. The molecule has 0 aromatic rings. The molecule has 128 valence electrons. The molecule has 0 aliphatic carbocycles. The number of rotatable bonds is 4. The quantitative estimate of drug-likeness (QED) is 0.797. The summed E-state index contributed by atoms with van der Waals surface area (Å²) in [4.78, 5) is 7.91. The molecule has 3 fully saturated rings. The van der Waals surface area contributed by atoms with Crippen molar-refractivity contribution in [1.29, 1.82) is 0 Å². The molecular weight excluding hydrogens is 290 g/mol. The first-order valence-electron chi connectivity index (χ1n) is 9.36. The molecule has 1 unspecified atom stereocenters. The molecule has 22 heavy (non-hydrogen) atoms. The van der Waals surface area contributed by atoms with E-state index in [1.807, 2.05) is 0 Å². The number of thiol groups is 1. The van der Waals surface area contributed by atoms with Gasteiger partial charge in [0.1, 0.15) is 0 Å². The molecular formula is C18H35N3S. The molecule has 3 aliphatic rings. The molecule has 3 saturated heterocycles. The van der Waals surface area contributed by atoms with Gasteiger partial charge in [0.2, 0.25) is 0 Å². The Morgan fingerprint density at radius 1 is 0.955 bits per heavy atom. The van der Waals surface area contributed by atoms with E-state index >= 15 is 0 Å². The minimum Gasteiger partial charge on any atom is -0.303 e. The van der Waals surface area contributed by atoms with E-state index < -0.39 is 0 Å². The zero-order valence-electron chi connectivity index (χ0n) is 14.8. The molecule has 1 spiro atoms. The third kappa shape index (κ3) is 3.82. The maximum atomic E-state index is 4.57. The van der Waals surface area contributed by atoms with Gasteiger partial charge in [-0.3, -0.25) is 9.80 Å². The van der Waals surface area contributed by atoms with Gasteiger partial charge >= 0.3 is 0 Å². The average Bonchev–Trinajstić information content (AvgIpc) is 2.46. The molecule has 0 saturated carbocycles. The second kappa shape index (κ2) is 7.00. The Bertz CT molecular complexity index is 347. The second-order valence-corrected chi connectivity index (χ2v) is 9.16. The van der Waals surface area contributed by atoms with E-state index in [9.17, 15) is 0 Å². The van der Waals surface area contributed by atoms with Gasteiger partial charge < -0.3 is 4.90 Å². The standard InChI is InChI=1S/C18H35N3S/c1-15(2)21-13-18(14-21)6-10-19(11-7-18)12-17-4-8-20(9-5-17)16(3)22/h15-17,22H,4-14H2,1-3H3. The Morgan fingerprint density at radius 3 is 2.05 bits per heavy atom. The van der Waals surface area contributed by atoms with Crippen molar-refractivity contribution in [1.82, 2.24) is 14.7 Å². The monoisotopic (exact) mass is 325 g/mol. The fourth-order valence-corrected chi connectivity index (χ4v) is 4.81. The van der Waals surface area contributed by atoms with Crippen molar-refractivity contribution in [2.24, 2.45) is 11.3 Å². The van der Waals surface area contributed by atoms with E-state index in [4.69, 9.17) is 0 Å². The fourth-order valence-electron chi connectivity index (χ4n) is 4.58. The van der Waals surface area contributed by atoms with Crippen LogP contribution in [0.5, 0.6) is 0 Å². The number of hydrogen-bond donors (Lipinski definition) is 1. The third-order valence-electron chi connectivity index (χ3n) is 6.42. The van der Waals surface area contributed by atoms with Gasteiger partial charge in [-0.1, -0.05) is 0 Å². The summed E-state index contributed by atoms with van der Waals surface area (Å²) in [6.45, 7) is 16.1. The van der Waals surface area contributed by atoms with Crippen molar-refractivity contribution in [3.63, 3.8) is 0 Å². The van der Waals surface area contributed by atoms with Crippen molar-refractivity contribution in [2.75, 3.05) is 45.8 Å². The zero-order chi connectivity index (χ0) is 15.7. The first-order valence-corrected chi connectivity index (χ1v) is 9.88. The molecule has 4 heteroatoms. The lowest BCUT2D eigenvalue weighted by Gasteiger charge is -2.56. The number of piperidine rings is 2. The first-order chi connectivity index (χ1) is 10.5. The van der Waals surface area contributed by atoms with Crippen molar-refractivity contribution >= 4 is 12.6 Å². The third-order valence-corrected chi connectivity index (χ3v) is 6.74. The van der Waals surface area contributed by atoms with Crippen molar-refractivity contribution < 1.29 is 0 Å². The first kappa shape index (κ1) is 17.1. The molecule has 3 aliphatic heterocycles. The van der Waals surface area contributed by atoms with Crippen LogP contribution in [0.4, 0.5) is 0 Å². The topological polar surface area (TPSA) is 9.72 Å². The van der Waals surface area contributed by atoms with Crippen LogP contribution in [0.2, 0.25) is 0 Å². The molecule has 3 heterocycles. The van der Waals surface area contributed by atoms with Crippen LogP contribution in [0, 0.1) is 11.3 Å². The van der Waals surface area contributed by atoms with Gasteiger partial charge in [0.25, 0.3) is 0 Å². The maximum absolute atomic E-state index is 4.57. The van der Waals surface area contributed by atoms with Crippen LogP contribution in [0.25, 0.3) is 0 Å². The molecule has 0 aromatic carbocycles.